The molecule has 0 amide bonds. The van der Waals surface area contributed by atoms with Crippen molar-refractivity contribution >= 4 is 35.2 Å². The van der Waals surface area contributed by atoms with Gasteiger partial charge in [0.2, 0.25) is 5.89 Å². The Labute approximate surface area is 165 Å². The minimum Gasteiger partial charge on any atom is -0.493 e. The zero-order valence-electron chi connectivity index (χ0n) is 14.6. The molecular formula is C17H18ClN3O3S2. The fourth-order valence-corrected chi connectivity index (χ4v) is 3.81. The second kappa shape index (κ2) is 8.22. The molecule has 0 atom stereocenters. The van der Waals surface area contributed by atoms with Crippen molar-refractivity contribution in [2.75, 3.05) is 21.3 Å². The van der Waals surface area contributed by atoms with Crippen molar-refractivity contribution in [3.63, 3.8) is 0 Å². The predicted octanol–water partition coefficient (Wildman–Crippen LogP) is 4.69. The Hall–Kier alpha value is -1.87. The smallest absolute Gasteiger partial charge is 0.288 e. The van der Waals surface area contributed by atoms with E-state index in [0.29, 0.717) is 28.9 Å². The molecule has 0 aliphatic carbocycles. The normalized spacial score (nSPS) is 11.1. The van der Waals surface area contributed by atoms with E-state index >= 15 is 0 Å². The second-order valence-electron chi connectivity index (χ2n) is 5.60. The first-order valence-corrected chi connectivity index (χ1v) is 9.33. The van der Waals surface area contributed by atoms with Gasteiger partial charge in [-0.05, 0) is 49.6 Å². The van der Waals surface area contributed by atoms with Crippen LogP contribution in [0.2, 0.25) is 4.34 Å². The molecular weight excluding hydrogens is 394 g/mol. The number of ether oxygens (including phenoxy) is 2. The third kappa shape index (κ3) is 4.27. The number of hydrogen-bond acceptors (Lipinski definition) is 7. The van der Waals surface area contributed by atoms with Crippen molar-refractivity contribution in [2.24, 2.45) is 0 Å². The van der Waals surface area contributed by atoms with Crippen LogP contribution >= 0.6 is 35.2 Å². The van der Waals surface area contributed by atoms with Gasteiger partial charge in [-0.15, -0.1) is 16.4 Å². The largest absolute Gasteiger partial charge is 0.493 e. The van der Waals surface area contributed by atoms with Gasteiger partial charge in [0.05, 0.1) is 25.2 Å². The summed E-state index contributed by atoms with van der Waals surface area (Å²) in [6.45, 7) is 1.25. The molecule has 6 nitrogen and oxygen atoms in total. The Morgan fingerprint density at radius 2 is 2.00 bits per heavy atom. The Morgan fingerprint density at radius 3 is 2.65 bits per heavy atom. The first-order valence-electron chi connectivity index (χ1n) is 7.73. The summed E-state index contributed by atoms with van der Waals surface area (Å²) in [4.78, 5) is 3.57. The quantitative estimate of drug-likeness (QED) is 0.525. The van der Waals surface area contributed by atoms with Gasteiger partial charge >= 0.3 is 0 Å². The molecule has 3 aromatic rings. The lowest BCUT2D eigenvalue weighted by atomic mass is 10.2. The molecule has 26 heavy (non-hydrogen) atoms. The van der Waals surface area contributed by atoms with Crippen molar-refractivity contribution in [1.29, 1.82) is 0 Å². The number of benzene rings is 1. The van der Waals surface area contributed by atoms with E-state index in [1.807, 2.05) is 25.2 Å². The molecule has 0 spiro atoms. The summed E-state index contributed by atoms with van der Waals surface area (Å²) in [7, 11) is 5.16. The molecule has 0 radical (unpaired) electrons. The van der Waals surface area contributed by atoms with Crippen LogP contribution in [0.15, 0.2) is 34.7 Å². The molecule has 9 heteroatoms. The van der Waals surface area contributed by atoms with E-state index in [1.54, 1.807) is 42.4 Å². The Balaban J connectivity index is 1.77. The third-order valence-electron chi connectivity index (χ3n) is 3.67. The summed E-state index contributed by atoms with van der Waals surface area (Å²) in [6.07, 6.45) is 0. The molecule has 2 heterocycles. The van der Waals surface area contributed by atoms with Gasteiger partial charge in [-0.1, -0.05) is 11.6 Å². The number of thiophene rings is 1. The molecule has 0 saturated carbocycles. The summed E-state index contributed by atoms with van der Waals surface area (Å²) in [5, 5.41) is 4.48. The molecule has 0 N–H and O–H groups in total. The highest BCUT2D eigenvalue weighted by atomic mass is 35.5. The van der Waals surface area contributed by atoms with E-state index in [2.05, 4.69) is 10.00 Å². The average Bonchev–Trinajstić information content (AvgIpc) is 3.20. The maximum atomic E-state index is 5.98. The highest BCUT2D eigenvalue weighted by molar-refractivity contribution is 7.71. The van der Waals surface area contributed by atoms with Gasteiger partial charge in [0.25, 0.3) is 4.84 Å². The van der Waals surface area contributed by atoms with Crippen molar-refractivity contribution < 1.29 is 13.9 Å². The first kappa shape index (κ1) is 18.9. The second-order valence-corrected chi connectivity index (χ2v) is 7.75. The molecule has 0 aliphatic heterocycles. The summed E-state index contributed by atoms with van der Waals surface area (Å²) >= 11 is 12.8. The van der Waals surface area contributed by atoms with Gasteiger partial charge in [-0.3, -0.25) is 4.90 Å². The maximum absolute atomic E-state index is 5.98. The molecule has 0 bridgehead atoms. The van der Waals surface area contributed by atoms with Crippen molar-refractivity contribution in [3.8, 4) is 23.0 Å². The summed E-state index contributed by atoms with van der Waals surface area (Å²) in [5.74, 6) is 1.68. The monoisotopic (exact) mass is 411 g/mol. The van der Waals surface area contributed by atoms with Crippen LogP contribution in [-0.2, 0) is 13.2 Å². The topological polar surface area (TPSA) is 52.7 Å². The third-order valence-corrected chi connectivity index (χ3v) is 5.18. The maximum Gasteiger partial charge on any atom is 0.288 e. The molecule has 0 saturated heterocycles. The van der Waals surface area contributed by atoms with Gasteiger partial charge in [0.1, 0.15) is 0 Å². The van der Waals surface area contributed by atoms with Crippen LogP contribution in [0.3, 0.4) is 0 Å². The summed E-state index contributed by atoms with van der Waals surface area (Å²) < 4.78 is 18.7. The average molecular weight is 412 g/mol. The standard InChI is InChI=1S/C17H18ClN3O3S2/c1-20(9-12-5-7-15(18)26-12)10-21-17(25)24-16(19-21)11-4-6-13(22-2)14(8-11)23-3/h4-8H,9-10H2,1-3H3. The van der Waals surface area contributed by atoms with E-state index in [1.165, 1.54) is 4.88 Å². The van der Waals surface area contributed by atoms with Crippen LogP contribution in [0.25, 0.3) is 11.5 Å². The van der Waals surface area contributed by atoms with E-state index in [4.69, 9.17) is 37.7 Å². The van der Waals surface area contributed by atoms with Crippen LogP contribution in [0.5, 0.6) is 11.5 Å². The predicted molar refractivity (Wildman–Crippen MR) is 105 cm³/mol. The highest BCUT2D eigenvalue weighted by Crippen LogP contribution is 2.31. The van der Waals surface area contributed by atoms with E-state index < -0.39 is 0 Å². The Morgan fingerprint density at radius 1 is 1.23 bits per heavy atom. The number of nitrogens with zero attached hydrogens (tertiary/aromatic N) is 3. The number of rotatable bonds is 7. The van der Waals surface area contributed by atoms with E-state index in [9.17, 15) is 0 Å². The lowest BCUT2D eigenvalue weighted by Crippen LogP contribution is -2.22. The van der Waals surface area contributed by atoms with Crippen LogP contribution in [0, 0.1) is 4.84 Å². The van der Waals surface area contributed by atoms with Crippen LogP contribution in [-0.4, -0.2) is 35.9 Å². The van der Waals surface area contributed by atoms with Crippen LogP contribution < -0.4 is 9.47 Å². The molecule has 2 aromatic heterocycles. The first-order chi connectivity index (χ1) is 12.5. The number of halogens is 1. The van der Waals surface area contributed by atoms with Crippen molar-refractivity contribution in [1.82, 2.24) is 14.7 Å². The molecule has 3 rings (SSSR count). The SMILES string of the molecule is COc1ccc(-c2nn(CN(C)Cc3ccc(Cl)s3)c(=S)o2)cc1OC. The molecule has 0 unspecified atom stereocenters. The van der Waals surface area contributed by atoms with Gasteiger partial charge in [0, 0.05) is 17.0 Å². The Bertz CT molecular complexity index is 951. The summed E-state index contributed by atoms with van der Waals surface area (Å²) in [6, 6.07) is 9.37. The zero-order valence-corrected chi connectivity index (χ0v) is 17.0. The fraction of sp³-hybridized carbons (Fsp3) is 0.294. The number of methoxy groups -OCH3 is 2. The highest BCUT2D eigenvalue weighted by Gasteiger charge is 2.13. The molecule has 0 aliphatic rings. The molecule has 1 aromatic carbocycles. The van der Waals surface area contributed by atoms with Crippen molar-refractivity contribution in [2.45, 2.75) is 13.2 Å². The van der Waals surface area contributed by atoms with Crippen LogP contribution in [0.1, 0.15) is 4.88 Å². The lowest BCUT2D eigenvalue weighted by molar-refractivity contribution is 0.242. The molecule has 138 valence electrons. The Kier molecular flexibility index (Phi) is 5.98. The zero-order chi connectivity index (χ0) is 18.7. The fourth-order valence-electron chi connectivity index (χ4n) is 2.46. The molecule has 0 fully saturated rings. The minimum atomic E-state index is 0.311. The van der Waals surface area contributed by atoms with Crippen LogP contribution in [0.4, 0.5) is 0 Å². The van der Waals surface area contributed by atoms with E-state index in [0.717, 1.165) is 16.4 Å². The number of aromatic nitrogens is 2. The lowest BCUT2D eigenvalue weighted by Gasteiger charge is -2.14. The van der Waals surface area contributed by atoms with Gasteiger partial charge in [0.15, 0.2) is 11.5 Å². The van der Waals surface area contributed by atoms with Gasteiger partial charge < -0.3 is 13.9 Å². The van der Waals surface area contributed by atoms with Crippen molar-refractivity contribution in [3.05, 3.63) is 44.4 Å². The van der Waals surface area contributed by atoms with Gasteiger partial charge in [-0.2, -0.15) is 0 Å². The summed E-state index contributed by atoms with van der Waals surface area (Å²) in [5.41, 5.74) is 0.764. The number of hydrogen-bond donors (Lipinski definition) is 0. The van der Waals surface area contributed by atoms with E-state index in [-0.39, 0.29) is 0 Å². The minimum absolute atomic E-state index is 0.311. The van der Waals surface area contributed by atoms with Gasteiger partial charge in [-0.25, -0.2) is 4.68 Å².